The lowest BCUT2D eigenvalue weighted by molar-refractivity contribution is -0.122. The number of halogens is 1. The molecule has 0 radical (unpaired) electrons. The summed E-state index contributed by atoms with van der Waals surface area (Å²) in [7, 11) is -2.50. The summed E-state index contributed by atoms with van der Waals surface area (Å²) in [5, 5.41) is 5.12. The van der Waals surface area contributed by atoms with E-state index in [1.807, 2.05) is 0 Å². The van der Waals surface area contributed by atoms with E-state index in [9.17, 15) is 27.2 Å². The molecular formula is C25H22FN3O6S. The number of methoxy groups -OCH3 is 1. The number of carbonyl (C=O) groups is 3. The number of anilines is 1. The highest BCUT2D eigenvalue weighted by Gasteiger charge is 2.44. The molecule has 1 aliphatic heterocycles. The number of sulfonamides is 1. The summed E-state index contributed by atoms with van der Waals surface area (Å²) >= 11 is 0. The number of hydrogen-bond acceptors (Lipinski definition) is 6. The number of primary sulfonamides is 1. The third-order valence-electron chi connectivity index (χ3n) is 5.77. The van der Waals surface area contributed by atoms with Gasteiger partial charge in [-0.15, -0.1) is 0 Å². The third kappa shape index (κ3) is 5.11. The van der Waals surface area contributed by atoms with Crippen molar-refractivity contribution in [2.24, 2.45) is 5.14 Å². The Kier molecular flexibility index (Phi) is 6.86. The van der Waals surface area contributed by atoms with Crippen molar-refractivity contribution in [1.82, 2.24) is 4.90 Å². The van der Waals surface area contributed by atoms with Gasteiger partial charge in [0.15, 0.2) is 0 Å². The van der Waals surface area contributed by atoms with Crippen molar-refractivity contribution in [3.63, 3.8) is 0 Å². The van der Waals surface area contributed by atoms with Gasteiger partial charge in [0, 0.05) is 12.1 Å². The molecule has 3 aromatic carbocycles. The van der Waals surface area contributed by atoms with E-state index in [4.69, 9.17) is 9.88 Å². The van der Waals surface area contributed by atoms with Crippen LogP contribution >= 0.6 is 0 Å². The van der Waals surface area contributed by atoms with Crippen LogP contribution in [0.3, 0.4) is 0 Å². The molecule has 4 rings (SSSR count). The predicted molar refractivity (Wildman–Crippen MR) is 128 cm³/mol. The van der Waals surface area contributed by atoms with Gasteiger partial charge in [0.2, 0.25) is 15.9 Å². The lowest BCUT2D eigenvalue weighted by atomic mass is 10.1. The normalized spacial score (nSPS) is 15.8. The molecule has 0 aliphatic carbocycles. The standard InChI is InChI=1S/C25H22FN3O6S/c1-35-20-4-2-3-17(13-20)24(31)28(15-16-5-7-18(26)8-6-16)22-14-23(30)29(25(22)32)19-9-11-21(12-10-19)36(27,33)34/h2-13,22H,14-15H2,1H3,(H2,27,33,34). The zero-order valence-corrected chi connectivity index (χ0v) is 19.9. The fourth-order valence-electron chi connectivity index (χ4n) is 3.95. The first-order valence-electron chi connectivity index (χ1n) is 10.8. The number of rotatable bonds is 7. The molecule has 3 aromatic rings. The van der Waals surface area contributed by atoms with Gasteiger partial charge in [-0.05, 0) is 60.2 Å². The summed E-state index contributed by atoms with van der Waals surface area (Å²) in [6, 6.07) is 15.7. The van der Waals surface area contributed by atoms with Gasteiger partial charge in [0.1, 0.15) is 17.6 Å². The summed E-state index contributed by atoms with van der Waals surface area (Å²) < 4.78 is 41.7. The number of ether oxygens (including phenoxy) is 1. The van der Waals surface area contributed by atoms with Gasteiger partial charge < -0.3 is 9.64 Å². The first kappa shape index (κ1) is 25.0. The topological polar surface area (TPSA) is 127 Å². The Morgan fingerprint density at radius 1 is 1.08 bits per heavy atom. The predicted octanol–water partition coefficient (Wildman–Crippen LogP) is 2.46. The average Bonchev–Trinajstić information content (AvgIpc) is 3.16. The van der Waals surface area contributed by atoms with Crippen molar-refractivity contribution in [2.75, 3.05) is 12.0 Å². The van der Waals surface area contributed by atoms with Gasteiger partial charge in [0.05, 0.1) is 24.1 Å². The van der Waals surface area contributed by atoms with Crippen LogP contribution in [-0.2, 0) is 26.2 Å². The van der Waals surface area contributed by atoms with Gasteiger partial charge in [-0.1, -0.05) is 18.2 Å². The van der Waals surface area contributed by atoms with Crippen molar-refractivity contribution < 1.29 is 31.9 Å². The number of benzene rings is 3. The largest absolute Gasteiger partial charge is 0.497 e. The number of imide groups is 1. The van der Waals surface area contributed by atoms with Crippen molar-refractivity contribution >= 4 is 33.4 Å². The van der Waals surface area contributed by atoms with Crippen LogP contribution in [0.5, 0.6) is 5.75 Å². The number of nitrogens with zero attached hydrogens (tertiary/aromatic N) is 2. The summed E-state index contributed by atoms with van der Waals surface area (Å²) in [6.45, 7) is -0.0573. The number of amides is 3. The molecule has 1 heterocycles. The third-order valence-corrected chi connectivity index (χ3v) is 6.70. The monoisotopic (exact) mass is 511 g/mol. The average molecular weight is 512 g/mol. The zero-order chi connectivity index (χ0) is 26.0. The van der Waals surface area contributed by atoms with E-state index in [0.29, 0.717) is 11.3 Å². The molecule has 0 aromatic heterocycles. The molecule has 3 amide bonds. The Morgan fingerprint density at radius 3 is 2.36 bits per heavy atom. The summed E-state index contributed by atoms with van der Waals surface area (Å²) in [5.41, 5.74) is 0.951. The quantitative estimate of drug-likeness (QED) is 0.486. The molecule has 11 heteroatoms. The molecule has 186 valence electrons. The van der Waals surface area contributed by atoms with E-state index in [0.717, 1.165) is 4.90 Å². The molecule has 0 spiro atoms. The van der Waals surface area contributed by atoms with Gasteiger partial charge in [-0.2, -0.15) is 0 Å². The molecule has 1 saturated heterocycles. The van der Waals surface area contributed by atoms with Crippen LogP contribution in [0, 0.1) is 5.82 Å². The second-order valence-corrected chi connectivity index (χ2v) is 9.68. The first-order valence-corrected chi connectivity index (χ1v) is 12.3. The van der Waals surface area contributed by atoms with E-state index in [1.165, 1.54) is 66.6 Å². The fourth-order valence-corrected chi connectivity index (χ4v) is 4.46. The van der Waals surface area contributed by atoms with Gasteiger partial charge in [0.25, 0.3) is 11.8 Å². The van der Waals surface area contributed by atoms with E-state index in [-0.39, 0.29) is 29.1 Å². The highest BCUT2D eigenvalue weighted by atomic mass is 32.2. The Morgan fingerprint density at radius 2 is 1.75 bits per heavy atom. The molecule has 1 unspecified atom stereocenters. The van der Waals surface area contributed by atoms with Crippen molar-refractivity contribution in [3.8, 4) is 5.75 Å². The second-order valence-electron chi connectivity index (χ2n) is 8.12. The molecule has 36 heavy (non-hydrogen) atoms. The van der Waals surface area contributed by atoms with Gasteiger partial charge in [-0.3, -0.25) is 14.4 Å². The van der Waals surface area contributed by atoms with Gasteiger partial charge in [-0.25, -0.2) is 22.8 Å². The lowest BCUT2D eigenvalue weighted by Gasteiger charge is -2.28. The maximum absolute atomic E-state index is 13.6. The van der Waals surface area contributed by atoms with E-state index in [1.54, 1.807) is 18.2 Å². The minimum atomic E-state index is -3.96. The Balaban J connectivity index is 1.69. The second kappa shape index (κ2) is 9.88. The highest BCUT2D eigenvalue weighted by Crippen LogP contribution is 2.29. The van der Waals surface area contributed by atoms with E-state index < -0.39 is 39.6 Å². The minimum Gasteiger partial charge on any atom is -0.497 e. The van der Waals surface area contributed by atoms with Crippen LogP contribution in [0.2, 0.25) is 0 Å². The Hall–Kier alpha value is -4.09. The van der Waals surface area contributed by atoms with Crippen LogP contribution < -0.4 is 14.8 Å². The van der Waals surface area contributed by atoms with Crippen molar-refractivity contribution in [1.29, 1.82) is 0 Å². The minimum absolute atomic E-state index is 0.0573. The maximum atomic E-state index is 13.6. The molecule has 0 bridgehead atoms. The Bertz CT molecular complexity index is 1420. The number of hydrogen-bond donors (Lipinski definition) is 1. The summed E-state index contributed by atoms with van der Waals surface area (Å²) in [6.07, 6.45) is -0.285. The summed E-state index contributed by atoms with van der Waals surface area (Å²) in [5.74, 6) is -1.74. The van der Waals surface area contributed by atoms with Crippen LogP contribution in [0.1, 0.15) is 22.3 Å². The molecule has 1 aliphatic rings. The number of nitrogens with two attached hydrogens (primary N) is 1. The number of carbonyl (C=O) groups excluding carboxylic acids is 3. The van der Waals surface area contributed by atoms with Crippen LogP contribution in [0.25, 0.3) is 0 Å². The molecular weight excluding hydrogens is 489 g/mol. The van der Waals surface area contributed by atoms with E-state index in [2.05, 4.69) is 0 Å². The van der Waals surface area contributed by atoms with E-state index >= 15 is 0 Å². The van der Waals surface area contributed by atoms with Gasteiger partial charge >= 0.3 is 0 Å². The fraction of sp³-hybridized carbons (Fsp3) is 0.160. The summed E-state index contributed by atoms with van der Waals surface area (Å²) in [4.78, 5) is 41.9. The Labute approximate surface area is 206 Å². The molecule has 0 saturated carbocycles. The molecule has 1 fully saturated rings. The lowest BCUT2D eigenvalue weighted by Crippen LogP contribution is -2.45. The van der Waals surface area contributed by atoms with Crippen LogP contribution in [0.4, 0.5) is 10.1 Å². The highest BCUT2D eigenvalue weighted by molar-refractivity contribution is 7.89. The molecule has 9 nitrogen and oxygen atoms in total. The van der Waals surface area contributed by atoms with Crippen molar-refractivity contribution in [3.05, 3.63) is 89.7 Å². The zero-order valence-electron chi connectivity index (χ0n) is 19.1. The molecule has 1 atom stereocenters. The molecule has 2 N–H and O–H groups in total. The smallest absolute Gasteiger partial charge is 0.257 e. The SMILES string of the molecule is COc1cccc(C(=O)N(Cc2ccc(F)cc2)C2CC(=O)N(c3ccc(S(N)(=O)=O)cc3)C2=O)c1. The first-order chi connectivity index (χ1) is 17.1. The van der Waals surface area contributed by atoms with Crippen molar-refractivity contribution in [2.45, 2.75) is 23.9 Å². The van der Waals surface area contributed by atoms with Crippen LogP contribution in [-0.4, -0.2) is 44.2 Å². The van der Waals surface area contributed by atoms with Crippen LogP contribution in [0.15, 0.2) is 77.7 Å². The maximum Gasteiger partial charge on any atom is 0.257 e.